The summed E-state index contributed by atoms with van der Waals surface area (Å²) in [7, 11) is -3.84. The van der Waals surface area contributed by atoms with Gasteiger partial charge >= 0.3 is 0 Å². The minimum atomic E-state index is -3.84. The van der Waals surface area contributed by atoms with Gasteiger partial charge in [0.05, 0.1) is 17.9 Å². The van der Waals surface area contributed by atoms with Crippen molar-refractivity contribution in [1.82, 2.24) is 14.6 Å². The fraction of sp³-hybridized carbons (Fsp3) is 0.229. The zero-order valence-electron chi connectivity index (χ0n) is 25.0. The van der Waals surface area contributed by atoms with Gasteiger partial charge in [-0.3, -0.25) is 14.6 Å². The molecule has 234 valence electrons. The molecule has 0 aliphatic carbocycles. The maximum atomic E-state index is 13.3. The van der Waals surface area contributed by atoms with E-state index in [1.165, 1.54) is 0 Å². The lowest BCUT2D eigenvalue weighted by Crippen LogP contribution is -2.48. The van der Waals surface area contributed by atoms with Crippen LogP contribution in [0.5, 0.6) is 5.75 Å². The molecule has 2 aliphatic heterocycles. The molecule has 10 nitrogen and oxygen atoms in total. The van der Waals surface area contributed by atoms with Gasteiger partial charge in [-0.15, -0.1) is 0 Å². The Bertz CT molecular complexity index is 1860. The van der Waals surface area contributed by atoms with Crippen LogP contribution >= 0.6 is 0 Å². The summed E-state index contributed by atoms with van der Waals surface area (Å²) in [6.07, 6.45) is 3.91. The van der Waals surface area contributed by atoms with Crippen molar-refractivity contribution in [1.29, 1.82) is 0 Å². The number of pyridine rings is 1. The van der Waals surface area contributed by atoms with E-state index in [4.69, 9.17) is 9.47 Å². The molecule has 6 rings (SSSR count). The third-order valence-electron chi connectivity index (χ3n) is 7.62. The second-order valence-corrected chi connectivity index (χ2v) is 12.7. The monoisotopic (exact) mass is 636 g/mol. The highest BCUT2D eigenvalue weighted by Crippen LogP contribution is 2.21. The molecule has 0 saturated carbocycles. The van der Waals surface area contributed by atoms with E-state index < -0.39 is 15.9 Å². The third kappa shape index (κ3) is 7.90. The molecule has 0 radical (unpaired) electrons. The van der Waals surface area contributed by atoms with Gasteiger partial charge in [-0.05, 0) is 60.2 Å². The van der Waals surface area contributed by atoms with E-state index in [-0.39, 0.29) is 23.5 Å². The summed E-state index contributed by atoms with van der Waals surface area (Å²) in [5, 5.41) is 0. The number of hydrogen-bond donors (Lipinski definition) is 1. The van der Waals surface area contributed by atoms with Crippen LogP contribution in [0.1, 0.15) is 43.8 Å². The number of carbonyl (C=O) groups excluding carboxylic acids is 2. The first kappa shape index (κ1) is 30.8. The number of rotatable bonds is 8. The number of amides is 2. The second kappa shape index (κ2) is 13.9. The van der Waals surface area contributed by atoms with E-state index in [1.54, 1.807) is 78.0 Å². The van der Waals surface area contributed by atoms with E-state index >= 15 is 0 Å². The molecule has 0 bridgehead atoms. The number of ether oxygens (including phenoxy) is 2. The Hall–Kier alpha value is -5.18. The second-order valence-electron chi connectivity index (χ2n) is 10.9. The Morgan fingerprint density at radius 1 is 0.870 bits per heavy atom. The molecular formula is C35H32N4O6S. The maximum Gasteiger partial charge on any atom is 0.264 e. The zero-order valence-corrected chi connectivity index (χ0v) is 25.8. The first-order valence-corrected chi connectivity index (χ1v) is 16.5. The average Bonchev–Trinajstić information content (AvgIpc) is 3.06. The summed E-state index contributed by atoms with van der Waals surface area (Å²) in [5.41, 5.74) is 3.65. The van der Waals surface area contributed by atoms with E-state index in [9.17, 15) is 18.0 Å². The smallest absolute Gasteiger partial charge is 0.264 e. The van der Waals surface area contributed by atoms with Crippen molar-refractivity contribution in [2.75, 3.05) is 37.7 Å². The van der Waals surface area contributed by atoms with Crippen LogP contribution < -0.4 is 14.4 Å². The number of benzene rings is 3. The van der Waals surface area contributed by atoms with Crippen LogP contribution in [-0.2, 0) is 20.5 Å². The Morgan fingerprint density at radius 2 is 1.57 bits per heavy atom. The Kier molecular flexibility index (Phi) is 9.28. The SMILES string of the molecule is O=C(NS(=O)(=O)Cc1ccccc1)c1ccc(N2CCN(C(=O)c3cncc(C#Cc4ccc(OC5CCO5)cc4)c3)CC2)cc1. The Labute approximate surface area is 268 Å². The molecule has 1 unspecified atom stereocenters. The summed E-state index contributed by atoms with van der Waals surface area (Å²) in [6.45, 7) is 2.94. The molecule has 11 heteroatoms. The van der Waals surface area contributed by atoms with Gasteiger partial charge in [0.2, 0.25) is 16.3 Å². The van der Waals surface area contributed by atoms with Gasteiger partial charge in [0.1, 0.15) is 5.75 Å². The molecule has 1 atom stereocenters. The van der Waals surface area contributed by atoms with E-state index in [2.05, 4.69) is 26.4 Å². The van der Waals surface area contributed by atoms with Crippen LogP contribution in [0.25, 0.3) is 0 Å². The molecule has 4 aromatic rings. The number of carbonyl (C=O) groups is 2. The van der Waals surface area contributed by atoms with Gasteiger partial charge in [-0.1, -0.05) is 42.2 Å². The van der Waals surface area contributed by atoms with Gasteiger partial charge in [-0.25, -0.2) is 13.1 Å². The van der Waals surface area contributed by atoms with Crippen LogP contribution in [0.15, 0.2) is 97.3 Å². The number of anilines is 1. The van der Waals surface area contributed by atoms with Crippen LogP contribution in [0.2, 0.25) is 0 Å². The summed E-state index contributed by atoms with van der Waals surface area (Å²) >= 11 is 0. The summed E-state index contributed by atoms with van der Waals surface area (Å²) in [5.74, 6) is 5.85. The van der Waals surface area contributed by atoms with Crippen molar-refractivity contribution in [3.05, 3.63) is 125 Å². The minimum absolute atomic E-state index is 0.112. The number of sulfonamides is 1. The van der Waals surface area contributed by atoms with Crippen molar-refractivity contribution in [3.63, 3.8) is 0 Å². The van der Waals surface area contributed by atoms with Crippen molar-refractivity contribution >= 4 is 27.5 Å². The minimum Gasteiger partial charge on any atom is -0.465 e. The number of hydrogen-bond acceptors (Lipinski definition) is 8. The third-order valence-corrected chi connectivity index (χ3v) is 8.83. The quantitative estimate of drug-likeness (QED) is 0.290. The number of piperazine rings is 1. The zero-order chi connectivity index (χ0) is 31.9. The maximum absolute atomic E-state index is 13.3. The van der Waals surface area contributed by atoms with Gasteiger partial charge < -0.3 is 19.3 Å². The largest absolute Gasteiger partial charge is 0.465 e. The van der Waals surface area contributed by atoms with E-state index in [0.29, 0.717) is 42.9 Å². The molecule has 2 amide bonds. The summed E-state index contributed by atoms with van der Waals surface area (Å²) in [6, 6.07) is 24.7. The molecule has 0 spiro atoms. The molecule has 1 N–H and O–H groups in total. The van der Waals surface area contributed by atoms with Crippen LogP contribution in [0, 0.1) is 11.8 Å². The van der Waals surface area contributed by atoms with Crippen LogP contribution in [-0.4, -0.2) is 69.2 Å². The fourth-order valence-electron chi connectivity index (χ4n) is 5.05. The predicted molar refractivity (Wildman–Crippen MR) is 173 cm³/mol. The lowest BCUT2D eigenvalue weighted by molar-refractivity contribution is -0.165. The van der Waals surface area contributed by atoms with Crippen molar-refractivity contribution < 1.29 is 27.5 Å². The fourth-order valence-corrected chi connectivity index (χ4v) is 6.15. The molecule has 2 aliphatic rings. The number of nitrogens with one attached hydrogen (secondary N) is 1. The predicted octanol–water partition coefficient (Wildman–Crippen LogP) is 3.83. The molecular weight excluding hydrogens is 604 g/mol. The molecule has 46 heavy (non-hydrogen) atoms. The first-order chi connectivity index (χ1) is 22.3. The van der Waals surface area contributed by atoms with E-state index in [1.807, 2.05) is 24.3 Å². The molecule has 3 aromatic carbocycles. The molecule has 1 aromatic heterocycles. The van der Waals surface area contributed by atoms with E-state index in [0.717, 1.165) is 30.0 Å². The summed E-state index contributed by atoms with van der Waals surface area (Å²) in [4.78, 5) is 34.0. The summed E-state index contributed by atoms with van der Waals surface area (Å²) < 4.78 is 38.0. The van der Waals surface area contributed by atoms with Crippen molar-refractivity contribution in [2.45, 2.75) is 18.5 Å². The Morgan fingerprint density at radius 3 is 2.24 bits per heavy atom. The van der Waals surface area contributed by atoms with Crippen molar-refractivity contribution in [3.8, 4) is 17.6 Å². The van der Waals surface area contributed by atoms with Crippen molar-refractivity contribution in [2.24, 2.45) is 0 Å². The van der Waals surface area contributed by atoms with Gasteiger partial charge in [0, 0.05) is 67.4 Å². The highest BCUT2D eigenvalue weighted by atomic mass is 32.2. The highest BCUT2D eigenvalue weighted by Gasteiger charge is 2.24. The topological polar surface area (TPSA) is 118 Å². The van der Waals surface area contributed by atoms with Gasteiger partial charge in [-0.2, -0.15) is 0 Å². The lowest BCUT2D eigenvalue weighted by Gasteiger charge is -2.36. The highest BCUT2D eigenvalue weighted by molar-refractivity contribution is 7.89. The molecule has 3 heterocycles. The molecule has 2 fully saturated rings. The van der Waals surface area contributed by atoms with Crippen LogP contribution in [0.3, 0.4) is 0 Å². The standard InChI is InChI=1S/C35H32N4O6S/c40-34(37-46(42,43)25-27-4-2-1-3-5-27)29-10-12-31(13-11-29)38-17-19-39(20-18-38)35(41)30-22-28(23-36-24-30)7-6-26-8-14-32(15-9-26)45-33-16-21-44-33/h1-5,8-15,22-24,33H,16-21,25H2,(H,37,40). The lowest BCUT2D eigenvalue weighted by atomic mass is 10.1. The average molecular weight is 637 g/mol. The normalized spacial score (nSPS) is 16.0. The van der Waals surface area contributed by atoms with Gasteiger partial charge in [0.25, 0.3) is 11.8 Å². The molecule has 2 saturated heterocycles. The number of aromatic nitrogens is 1. The van der Waals surface area contributed by atoms with Crippen LogP contribution in [0.4, 0.5) is 5.69 Å². The Balaban J connectivity index is 1.00. The number of nitrogens with zero attached hydrogens (tertiary/aromatic N) is 3. The first-order valence-electron chi connectivity index (χ1n) is 14.9. The van der Waals surface area contributed by atoms with Gasteiger partial charge in [0.15, 0.2) is 0 Å².